The zero-order chi connectivity index (χ0) is 28.8. The van der Waals surface area contributed by atoms with Gasteiger partial charge < -0.3 is 9.64 Å². The molecule has 1 aliphatic heterocycles. The molecule has 0 aliphatic carbocycles. The van der Waals surface area contributed by atoms with Crippen LogP contribution in [0.4, 0.5) is 13.2 Å². The van der Waals surface area contributed by atoms with E-state index in [1.54, 1.807) is 18.7 Å². The molecular formula is C28H27Cl2F3N2O4. The summed E-state index contributed by atoms with van der Waals surface area (Å²) < 4.78 is 46.5. The van der Waals surface area contributed by atoms with Gasteiger partial charge in [-0.05, 0) is 68.5 Å². The molecule has 0 spiro atoms. The van der Waals surface area contributed by atoms with E-state index in [0.29, 0.717) is 30.6 Å². The van der Waals surface area contributed by atoms with E-state index in [4.69, 9.17) is 27.9 Å². The average molecular weight is 583 g/mol. The predicted molar refractivity (Wildman–Crippen MR) is 142 cm³/mol. The molecule has 6 nitrogen and oxygen atoms in total. The highest BCUT2D eigenvalue weighted by Crippen LogP contribution is 2.37. The number of fused-ring (bicyclic) bond motifs is 1. The number of aromatic nitrogens is 1. The fourth-order valence-corrected chi connectivity index (χ4v) is 5.80. The summed E-state index contributed by atoms with van der Waals surface area (Å²) in [7, 11) is 0. The van der Waals surface area contributed by atoms with Crippen LogP contribution in [0.15, 0.2) is 30.5 Å². The Labute approximate surface area is 233 Å². The summed E-state index contributed by atoms with van der Waals surface area (Å²) in [5.41, 5.74) is 0.129. The minimum absolute atomic E-state index is 0.00000474. The Hall–Kier alpha value is -3.04. The van der Waals surface area contributed by atoms with Gasteiger partial charge in [0.25, 0.3) is 11.8 Å². The Morgan fingerprint density at radius 2 is 1.77 bits per heavy atom. The van der Waals surface area contributed by atoms with Crippen molar-refractivity contribution >= 4 is 51.9 Å². The molecule has 1 amide bonds. The third-order valence-electron chi connectivity index (χ3n) is 7.15. The maximum Gasteiger partial charge on any atom is 0.416 e. The maximum atomic E-state index is 13.7. The molecule has 2 atom stereocenters. The molecule has 1 saturated heterocycles. The minimum Gasteiger partial charge on any atom is -0.466 e. The topological polar surface area (TPSA) is 68.6 Å². The lowest BCUT2D eigenvalue weighted by molar-refractivity contribution is -0.151. The Bertz CT molecular complexity index is 1480. The van der Waals surface area contributed by atoms with E-state index < -0.39 is 23.6 Å². The second-order valence-corrected chi connectivity index (χ2v) is 10.6. The van der Waals surface area contributed by atoms with Crippen molar-refractivity contribution in [1.29, 1.82) is 0 Å². The Balaban J connectivity index is 1.69. The molecule has 1 aromatic heterocycles. The van der Waals surface area contributed by atoms with Crippen molar-refractivity contribution < 1.29 is 32.3 Å². The van der Waals surface area contributed by atoms with Crippen LogP contribution in [-0.4, -0.2) is 46.9 Å². The van der Waals surface area contributed by atoms with Crippen molar-refractivity contribution in [3.8, 4) is 0 Å². The van der Waals surface area contributed by atoms with Crippen molar-refractivity contribution in [2.24, 2.45) is 11.8 Å². The molecule has 2 heterocycles. The fraction of sp³-hybridized carbons (Fsp3) is 0.393. The highest BCUT2D eigenvalue weighted by Gasteiger charge is 2.36. The van der Waals surface area contributed by atoms with Gasteiger partial charge in [0.15, 0.2) is 0 Å². The number of hydrogen-bond acceptors (Lipinski definition) is 4. The molecular weight excluding hydrogens is 556 g/mol. The van der Waals surface area contributed by atoms with E-state index in [0.717, 1.165) is 12.1 Å². The maximum absolute atomic E-state index is 13.7. The third kappa shape index (κ3) is 5.39. The van der Waals surface area contributed by atoms with Crippen LogP contribution in [0.2, 0.25) is 10.0 Å². The largest absolute Gasteiger partial charge is 0.466 e. The quantitative estimate of drug-likeness (QED) is 0.313. The van der Waals surface area contributed by atoms with Gasteiger partial charge in [0.2, 0.25) is 0 Å². The second-order valence-electron chi connectivity index (χ2n) is 9.83. The molecule has 208 valence electrons. The number of alkyl halides is 3. The first-order valence-corrected chi connectivity index (χ1v) is 13.2. The third-order valence-corrected chi connectivity index (χ3v) is 7.86. The van der Waals surface area contributed by atoms with Crippen molar-refractivity contribution in [2.75, 3.05) is 19.7 Å². The predicted octanol–water partition coefficient (Wildman–Crippen LogP) is 6.93. The lowest BCUT2D eigenvalue weighted by atomic mass is 9.86. The van der Waals surface area contributed by atoms with E-state index in [2.05, 4.69) is 0 Å². The number of hydrogen-bond donors (Lipinski definition) is 0. The van der Waals surface area contributed by atoms with Crippen LogP contribution in [0.3, 0.4) is 0 Å². The molecule has 0 bridgehead atoms. The summed E-state index contributed by atoms with van der Waals surface area (Å²) in [6, 6.07) is 4.82. The summed E-state index contributed by atoms with van der Waals surface area (Å²) in [5, 5.41) is 0.121. The van der Waals surface area contributed by atoms with Crippen molar-refractivity contribution in [3.63, 3.8) is 0 Å². The normalized spacial score (nSPS) is 17.9. The van der Waals surface area contributed by atoms with Crippen LogP contribution in [0.25, 0.3) is 10.9 Å². The van der Waals surface area contributed by atoms with Crippen molar-refractivity contribution in [2.45, 2.75) is 40.3 Å². The molecule has 2 aromatic carbocycles. The number of ether oxygens (including phenoxy) is 1. The lowest BCUT2D eigenvalue weighted by Crippen LogP contribution is -2.45. The highest BCUT2D eigenvalue weighted by atomic mass is 35.5. The molecule has 1 aliphatic rings. The van der Waals surface area contributed by atoms with Crippen LogP contribution >= 0.6 is 23.2 Å². The van der Waals surface area contributed by atoms with Crippen LogP contribution < -0.4 is 0 Å². The van der Waals surface area contributed by atoms with Gasteiger partial charge in [0, 0.05) is 24.7 Å². The van der Waals surface area contributed by atoms with E-state index in [1.165, 1.54) is 29.8 Å². The van der Waals surface area contributed by atoms with Crippen LogP contribution in [0.5, 0.6) is 0 Å². The number of likely N-dealkylation sites (tertiary alicyclic amines) is 1. The molecule has 0 N–H and O–H groups in total. The number of aryl methyl sites for hydroxylation is 2. The number of benzene rings is 2. The Kier molecular flexibility index (Phi) is 8.06. The first-order valence-electron chi connectivity index (χ1n) is 12.4. The summed E-state index contributed by atoms with van der Waals surface area (Å²) >= 11 is 13.0. The summed E-state index contributed by atoms with van der Waals surface area (Å²) in [4.78, 5) is 41.0. The zero-order valence-electron chi connectivity index (χ0n) is 21.8. The monoisotopic (exact) mass is 582 g/mol. The summed E-state index contributed by atoms with van der Waals surface area (Å²) in [6.45, 7) is 7.58. The Morgan fingerprint density at radius 1 is 1.08 bits per heavy atom. The number of esters is 1. The number of rotatable bonds is 4. The summed E-state index contributed by atoms with van der Waals surface area (Å²) in [5.74, 6) is -1.85. The fourth-order valence-electron chi connectivity index (χ4n) is 5.19. The molecule has 3 aromatic rings. The lowest BCUT2D eigenvalue weighted by Gasteiger charge is -2.36. The number of nitrogens with zero attached hydrogens (tertiary/aromatic N) is 2. The van der Waals surface area contributed by atoms with Crippen molar-refractivity contribution in [1.82, 2.24) is 9.47 Å². The van der Waals surface area contributed by atoms with Gasteiger partial charge in [-0.3, -0.25) is 19.0 Å². The van der Waals surface area contributed by atoms with E-state index in [1.807, 2.05) is 6.92 Å². The molecule has 1 fully saturated rings. The van der Waals surface area contributed by atoms with Crippen molar-refractivity contribution in [3.05, 3.63) is 68.3 Å². The van der Waals surface area contributed by atoms with Gasteiger partial charge in [-0.25, -0.2) is 0 Å². The minimum atomic E-state index is -4.54. The SMILES string of the molecule is CCOC(=O)[C@@H]1CCN(C(=O)c2ccc(Cl)c(C(=O)n3cc(C)c4cc(C(F)(F)F)cc(C)c43)c2Cl)C[C@@H]1C. The molecule has 39 heavy (non-hydrogen) atoms. The number of piperidine rings is 1. The number of amides is 1. The van der Waals surface area contributed by atoms with Gasteiger partial charge in [-0.15, -0.1) is 0 Å². The molecule has 4 rings (SSSR count). The summed E-state index contributed by atoms with van der Waals surface area (Å²) in [6.07, 6.45) is -2.68. The van der Waals surface area contributed by atoms with Crippen LogP contribution in [0, 0.1) is 25.7 Å². The first kappa shape index (κ1) is 29.0. The highest BCUT2D eigenvalue weighted by molar-refractivity contribution is 6.41. The van der Waals surface area contributed by atoms with Gasteiger partial charge in [0.1, 0.15) is 0 Å². The number of halogens is 5. The molecule has 0 radical (unpaired) electrons. The zero-order valence-corrected chi connectivity index (χ0v) is 23.3. The van der Waals surface area contributed by atoms with Gasteiger partial charge in [0.05, 0.1) is 44.8 Å². The van der Waals surface area contributed by atoms with E-state index in [-0.39, 0.29) is 56.5 Å². The van der Waals surface area contributed by atoms with Crippen LogP contribution in [-0.2, 0) is 15.7 Å². The second kappa shape index (κ2) is 10.8. The number of carbonyl (C=O) groups excluding carboxylic acids is 3. The molecule has 0 saturated carbocycles. The standard InChI is InChI=1S/C28H27Cl2F3N2O4/c1-5-39-27(38)18-8-9-34(12-15(18)3)25(36)19-6-7-21(29)22(23(19)30)26(37)35-13-16(4)20-11-17(28(31,32)33)10-14(2)24(20)35/h6-7,10-11,13,15,18H,5,8-9,12H2,1-4H3/t15-,18+/m0/s1. The average Bonchev–Trinajstić information content (AvgIpc) is 3.20. The van der Waals surface area contributed by atoms with E-state index in [9.17, 15) is 27.6 Å². The van der Waals surface area contributed by atoms with Gasteiger partial charge in [-0.1, -0.05) is 30.1 Å². The smallest absolute Gasteiger partial charge is 0.416 e. The molecule has 11 heteroatoms. The van der Waals surface area contributed by atoms with Crippen LogP contribution in [0.1, 0.15) is 57.7 Å². The van der Waals surface area contributed by atoms with Gasteiger partial charge >= 0.3 is 12.1 Å². The van der Waals surface area contributed by atoms with E-state index >= 15 is 0 Å². The first-order chi connectivity index (χ1) is 18.3. The number of carbonyl (C=O) groups is 3. The molecule has 0 unspecified atom stereocenters. The Morgan fingerprint density at radius 3 is 2.38 bits per heavy atom. The van der Waals surface area contributed by atoms with Gasteiger partial charge in [-0.2, -0.15) is 13.2 Å².